The standard InChI is InChI=1S/C13H27N3O/c1-13(2,3)10-16(5)12(17)8-11-9-14-6-7-15(11)4/h11,14H,6-10H2,1-5H3. The summed E-state index contributed by atoms with van der Waals surface area (Å²) < 4.78 is 0. The van der Waals surface area contributed by atoms with Crippen molar-refractivity contribution in [2.24, 2.45) is 5.41 Å². The molecule has 0 radical (unpaired) electrons. The van der Waals surface area contributed by atoms with Gasteiger partial charge in [0.25, 0.3) is 0 Å². The second-order valence-corrected chi connectivity index (χ2v) is 6.35. The zero-order chi connectivity index (χ0) is 13.1. The maximum atomic E-state index is 12.1. The molecule has 0 aromatic heterocycles. The van der Waals surface area contributed by atoms with Crippen LogP contribution in [0, 0.1) is 5.41 Å². The molecule has 1 aliphatic rings. The first kappa shape index (κ1) is 14.5. The normalized spacial score (nSPS) is 22.5. The third-order valence-electron chi connectivity index (χ3n) is 3.19. The fourth-order valence-corrected chi connectivity index (χ4v) is 2.25. The molecule has 1 rings (SSSR count). The summed E-state index contributed by atoms with van der Waals surface area (Å²) in [7, 11) is 4.01. The van der Waals surface area contributed by atoms with Crippen molar-refractivity contribution < 1.29 is 4.79 Å². The number of hydrogen-bond donors (Lipinski definition) is 1. The molecule has 0 aromatic rings. The number of carbonyl (C=O) groups excluding carboxylic acids is 1. The van der Waals surface area contributed by atoms with Crippen LogP contribution in [0.25, 0.3) is 0 Å². The van der Waals surface area contributed by atoms with Gasteiger partial charge in [-0.1, -0.05) is 20.8 Å². The van der Waals surface area contributed by atoms with E-state index in [0.717, 1.165) is 26.2 Å². The summed E-state index contributed by atoms with van der Waals surface area (Å²) in [6.45, 7) is 10.3. The topological polar surface area (TPSA) is 35.6 Å². The molecule has 0 aliphatic carbocycles. The minimum Gasteiger partial charge on any atom is -0.345 e. The summed E-state index contributed by atoms with van der Waals surface area (Å²) in [5, 5.41) is 3.35. The number of likely N-dealkylation sites (N-methyl/N-ethyl adjacent to an activating group) is 1. The number of nitrogens with zero attached hydrogens (tertiary/aromatic N) is 2. The monoisotopic (exact) mass is 241 g/mol. The Kier molecular flexibility index (Phi) is 4.95. The molecule has 4 heteroatoms. The molecule has 1 fully saturated rings. The molecule has 1 unspecified atom stereocenters. The van der Waals surface area contributed by atoms with Crippen LogP contribution in [0.3, 0.4) is 0 Å². The first-order chi connectivity index (χ1) is 7.79. The maximum Gasteiger partial charge on any atom is 0.223 e. The predicted octanol–water partition coefficient (Wildman–Crippen LogP) is 0.785. The minimum atomic E-state index is 0.168. The second-order valence-electron chi connectivity index (χ2n) is 6.35. The van der Waals surface area contributed by atoms with E-state index in [4.69, 9.17) is 0 Å². The summed E-state index contributed by atoms with van der Waals surface area (Å²) >= 11 is 0. The third kappa shape index (κ3) is 5.04. The van der Waals surface area contributed by atoms with Gasteiger partial charge < -0.3 is 15.1 Å². The van der Waals surface area contributed by atoms with Crippen molar-refractivity contribution in [3.05, 3.63) is 0 Å². The molecule has 0 spiro atoms. The van der Waals surface area contributed by atoms with E-state index in [1.807, 2.05) is 11.9 Å². The van der Waals surface area contributed by atoms with E-state index in [1.165, 1.54) is 0 Å². The van der Waals surface area contributed by atoms with Crippen molar-refractivity contribution in [3.63, 3.8) is 0 Å². The van der Waals surface area contributed by atoms with Crippen LogP contribution in [0.4, 0.5) is 0 Å². The Morgan fingerprint density at radius 3 is 2.65 bits per heavy atom. The van der Waals surface area contributed by atoms with Crippen LogP contribution in [0.1, 0.15) is 27.2 Å². The van der Waals surface area contributed by atoms with Crippen molar-refractivity contribution in [3.8, 4) is 0 Å². The third-order valence-corrected chi connectivity index (χ3v) is 3.19. The Labute approximate surface area is 105 Å². The van der Waals surface area contributed by atoms with E-state index >= 15 is 0 Å². The van der Waals surface area contributed by atoms with Crippen molar-refractivity contribution >= 4 is 5.91 Å². The molecule has 0 aromatic carbocycles. The lowest BCUT2D eigenvalue weighted by molar-refractivity contribution is -0.132. The highest BCUT2D eigenvalue weighted by atomic mass is 16.2. The van der Waals surface area contributed by atoms with Crippen LogP contribution < -0.4 is 5.32 Å². The molecule has 0 saturated carbocycles. The number of carbonyl (C=O) groups is 1. The molecule has 1 N–H and O–H groups in total. The molecule has 1 aliphatic heterocycles. The Hall–Kier alpha value is -0.610. The van der Waals surface area contributed by atoms with Crippen LogP contribution in [-0.4, -0.2) is 62.0 Å². The fourth-order valence-electron chi connectivity index (χ4n) is 2.25. The average Bonchev–Trinajstić information content (AvgIpc) is 2.18. The lowest BCUT2D eigenvalue weighted by Gasteiger charge is -2.34. The summed E-state index contributed by atoms with van der Waals surface area (Å²) in [5.74, 6) is 0.250. The van der Waals surface area contributed by atoms with Gasteiger partial charge in [-0.25, -0.2) is 0 Å². The number of hydrogen-bond acceptors (Lipinski definition) is 3. The number of piperazine rings is 1. The van der Waals surface area contributed by atoms with Crippen LogP contribution >= 0.6 is 0 Å². The first-order valence-electron chi connectivity index (χ1n) is 6.44. The quantitative estimate of drug-likeness (QED) is 0.793. The van der Waals surface area contributed by atoms with E-state index in [2.05, 4.69) is 38.0 Å². The molecule has 100 valence electrons. The van der Waals surface area contributed by atoms with Crippen molar-refractivity contribution in [1.82, 2.24) is 15.1 Å². The van der Waals surface area contributed by atoms with Gasteiger partial charge in [0, 0.05) is 45.7 Å². The van der Waals surface area contributed by atoms with Crippen LogP contribution in [-0.2, 0) is 4.79 Å². The fraction of sp³-hybridized carbons (Fsp3) is 0.923. The zero-order valence-electron chi connectivity index (χ0n) is 11.9. The van der Waals surface area contributed by atoms with Gasteiger partial charge in [0.1, 0.15) is 0 Å². The Bertz CT molecular complexity index is 260. The molecule has 1 amide bonds. The van der Waals surface area contributed by atoms with Gasteiger partial charge in [-0.05, 0) is 12.5 Å². The number of nitrogens with one attached hydrogen (secondary N) is 1. The van der Waals surface area contributed by atoms with E-state index < -0.39 is 0 Å². The van der Waals surface area contributed by atoms with Crippen LogP contribution in [0.15, 0.2) is 0 Å². The Morgan fingerprint density at radius 2 is 2.12 bits per heavy atom. The summed E-state index contributed by atoms with van der Waals surface area (Å²) in [6.07, 6.45) is 0.621. The van der Waals surface area contributed by atoms with Gasteiger partial charge in [0.15, 0.2) is 0 Å². The minimum absolute atomic E-state index is 0.168. The first-order valence-corrected chi connectivity index (χ1v) is 6.44. The average molecular weight is 241 g/mol. The van der Waals surface area contributed by atoms with Gasteiger partial charge >= 0.3 is 0 Å². The molecule has 1 atom stereocenters. The van der Waals surface area contributed by atoms with Gasteiger partial charge in [0.2, 0.25) is 5.91 Å². The summed E-state index contributed by atoms with van der Waals surface area (Å²) in [4.78, 5) is 16.2. The number of rotatable bonds is 3. The SMILES string of the molecule is CN(CC(C)(C)C)C(=O)CC1CNCCN1C. The molecule has 0 bridgehead atoms. The Morgan fingerprint density at radius 1 is 1.47 bits per heavy atom. The van der Waals surface area contributed by atoms with Gasteiger partial charge in [-0.15, -0.1) is 0 Å². The molecule has 4 nitrogen and oxygen atoms in total. The van der Waals surface area contributed by atoms with E-state index in [-0.39, 0.29) is 11.3 Å². The summed E-state index contributed by atoms with van der Waals surface area (Å²) in [5.41, 5.74) is 0.168. The highest BCUT2D eigenvalue weighted by Gasteiger charge is 2.24. The molecule has 1 saturated heterocycles. The molecular weight excluding hydrogens is 214 g/mol. The lowest BCUT2D eigenvalue weighted by Crippen LogP contribution is -2.51. The lowest BCUT2D eigenvalue weighted by atomic mass is 9.96. The molecular formula is C13H27N3O. The number of amides is 1. The molecule has 1 heterocycles. The van der Waals surface area contributed by atoms with Crippen LogP contribution in [0.2, 0.25) is 0 Å². The van der Waals surface area contributed by atoms with E-state index in [0.29, 0.717) is 12.5 Å². The van der Waals surface area contributed by atoms with Gasteiger partial charge in [-0.3, -0.25) is 4.79 Å². The van der Waals surface area contributed by atoms with E-state index in [1.54, 1.807) is 0 Å². The smallest absolute Gasteiger partial charge is 0.223 e. The molecule has 17 heavy (non-hydrogen) atoms. The maximum absolute atomic E-state index is 12.1. The largest absolute Gasteiger partial charge is 0.345 e. The van der Waals surface area contributed by atoms with Crippen molar-refractivity contribution in [1.29, 1.82) is 0 Å². The van der Waals surface area contributed by atoms with Gasteiger partial charge in [-0.2, -0.15) is 0 Å². The predicted molar refractivity (Wildman–Crippen MR) is 71.0 cm³/mol. The van der Waals surface area contributed by atoms with Crippen LogP contribution in [0.5, 0.6) is 0 Å². The zero-order valence-corrected chi connectivity index (χ0v) is 11.9. The second kappa shape index (κ2) is 5.83. The van der Waals surface area contributed by atoms with Crippen molar-refractivity contribution in [2.45, 2.75) is 33.2 Å². The highest BCUT2D eigenvalue weighted by molar-refractivity contribution is 5.76. The van der Waals surface area contributed by atoms with Crippen molar-refractivity contribution in [2.75, 3.05) is 40.3 Å². The van der Waals surface area contributed by atoms with Gasteiger partial charge in [0.05, 0.1) is 0 Å². The Balaban J connectivity index is 2.42. The highest BCUT2D eigenvalue weighted by Crippen LogP contribution is 2.15. The summed E-state index contributed by atoms with van der Waals surface area (Å²) in [6, 6.07) is 0.346. The van der Waals surface area contributed by atoms with E-state index in [9.17, 15) is 4.79 Å².